The van der Waals surface area contributed by atoms with Gasteiger partial charge in [-0.25, -0.2) is 0 Å². The van der Waals surface area contributed by atoms with Crippen LogP contribution < -0.4 is 10.1 Å². The van der Waals surface area contributed by atoms with Crippen LogP contribution in [0.3, 0.4) is 0 Å². The van der Waals surface area contributed by atoms with E-state index in [9.17, 15) is 0 Å². The van der Waals surface area contributed by atoms with E-state index in [-0.39, 0.29) is 5.60 Å². The van der Waals surface area contributed by atoms with Gasteiger partial charge in [0.25, 0.3) is 0 Å². The summed E-state index contributed by atoms with van der Waals surface area (Å²) in [5.41, 5.74) is 3.94. The van der Waals surface area contributed by atoms with Gasteiger partial charge in [0.1, 0.15) is 17.1 Å². The molecule has 1 N–H and O–H groups in total. The number of benzene rings is 1. The molecule has 0 bridgehead atoms. The van der Waals surface area contributed by atoms with Crippen LogP contribution in [-0.2, 0) is 19.4 Å². The van der Waals surface area contributed by atoms with Crippen molar-refractivity contribution in [3.8, 4) is 5.75 Å². The smallest absolute Gasteiger partial charge is 0.123 e. The van der Waals surface area contributed by atoms with Crippen LogP contribution >= 0.6 is 0 Å². The van der Waals surface area contributed by atoms with Gasteiger partial charge in [-0.15, -0.1) is 0 Å². The van der Waals surface area contributed by atoms with Gasteiger partial charge in [-0.3, -0.25) is 0 Å². The van der Waals surface area contributed by atoms with Crippen LogP contribution in [0, 0.1) is 0 Å². The maximum atomic E-state index is 5.95. The molecule has 0 fully saturated rings. The van der Waals surface area contributed by atoms with E-state index < -0.39 is 0 Å². The molecular formula is C19H23NO2. The second-order valence-corrected chi connectivity index (χ2v) is 7.11. The van der Waals surface area contributed by atoms with Crippen molar-refractivity contribution in [2.24, 2.45) is 0 Å². The van der Waals surface area contributed by atoms with Gasteiger partial charge >= 0.3 is 0 Å². The second kappa shape index (κ2) is 5.17. The van der Waals surface area contributed by atoms with Crippen molar-refractivity contribution < 1.29 is 9.15 Å². The van der Waals surface area contributed by atoms with Crippen LogP contribution in [-0.4, -0.2) is 5.60 Å². The summed E-state index contributed by atoms with van der Waals surface area (Å²) in [7, 11) is 0. The van der Waals surface area contributed by atoms with Crippen LogP contribution in [0.25, 0.3) is 0 Å². The number of ether oxygens (including phenoxy) is 1. The van der Waals surface area contributed by atoms with Crippen molar-refractivity contribution in [2.75, 3.05) is 0 Å². The van der Waals surface area contributed by atoms with E-state index in [1.165, 1.54) is 29.5 Å². The molecule has 116 valence electrons. The van der Waals surface area contributed by atoms with Crippen molar-refractivity contribution in [1.82, 2.24) is 5.32 Å². The molecule has 0 amide bonds. The van der Waals surface area contributed by atoms with E-state index >= 15 is 0 Å². The first-order valence-corrected chi connectivity index (χ1v) is 8.21. The van der Waals surface area contributed by atoms with Crippen molar-refractivity contribution in [3.05, 3.63) is 53.0 Å². The van der Waals surface area contributed by atoms with Gasteiger partial charge < -0.3 is 14.5 Å². The molecule has 1 aliphatic heterocycles. The summed E-state index contributed by atoms with van der Waals surface area (Å²) in [6, 6.07) is 9.11. The van der Waals surface area contributed by atoms with Crippen molar-refractivity contribution in [2.45, 2.75) is 57.7 Å². The predicted molar refractivity (Wildman–Crippen MR) is 86.1 cm³/mol. The van der Waals surface area contributed by atoms with E-state index in [0.29, 0.717) is 6.04 Å². The van der Waals surface area contributed by atoms with Crippen molar-refractivity contribution in [1.29, 1.82) is 0 Å². The van der Waals surface area contributed by atoms with Gasteiger partial charge in [0.15, 0.2) is 0 Å². The maximum absolute atomic E-state index is 5.95. The average Bonchev–Trinajstić information content (AvgIpc) is 3.06. The van der Waals surface area contributed by atoms with Gasteiger partial charge in [0, 0.05) is 31.0 Å². The Morgan fingerprint density at radius 2 is 2.18 bits per heavy atom. The minimum Gasteiger partial charge on any atom is -0.487 e. The topological polar surface area (TPSA) is 34.4 Å². The number of rotatable bonds is 3. The fourth-order valence-corrected chi connectivity index (χ4v) is 3.71. The van der Waals surface area contributed by atoms with E-state index in [1.807, 2.05) is 6.26 Å². The quantitative estimate of drug-likeness (QED) is 0.923. The fourth-order valence-electron chi connectivity index (χ4n) is 3.71. The Morgan fingerprint density at radius 1 is 1.27 bits per heavy atom. The molecule has 3 nitrogen and oxygen atoms in total. The third kappa shape index (κ3) is 2.54. The molecule has 1 aromatic heterocycles. The molecule has 0 spiro atoms. The summed E-state index contributed by atoms with van der Waals surface area (Å²) in [5, 5.41) is 3.69. The molecule has 1 aliphatic carbocycles. The van der Waals surface area contributed by atoms with Gasteiger partial charge in [0.2, 0.25) is 0 Å². The molecule has 1 aromatic carbocycles. The summed E-state index contributed by atoms with van der Waals surface area (Å²) < 4.78 is 11.5. The molecule has 2 aliphatic rings. The third-order valence-corrected chi connectivity index (χ3v) is 4.73. The van der Waals surface area contributed by atoms with Crippen LogP contribution in [0.15, 0.2) is 34.9 Å². The van der Waals surface area contributed by atoms with Crippen molar-refractivity contribution in [3.63, 3.8) is 0 Å². The van der Waals surface area contributed by atoms with Crippen LogP contribution in [0.4, 0.5) is 0 Å². The van der Waals surface area contributed by atoms with Crippen LogP contribution in [0.2, 0.25) is 0 Å². The minimum absolute atomic E-state index is 0.0660. The lowest BCUT2D eigenvalue weighted by molar-refractivity contribution is 0.138. The largest absolute Gasteiger partial charge is 0.487 e. The number of furan rings is 1. The zero-order valence-corrected chi connectivity index (χ0v) is 13.3. The maximum Gasteiger partial charge on any atom is 0.123 e. The number of hydrogen-bond acceptors (Lipinski definition) is 3. The van der Waals surface area contributed by atoms with E-state index in [0.717, 1.165) is 30.9 Å². The molecular weight excluding hydrogens is 274 g/mol. The lowest BCUT2D eigenvalue weighted by atomic mass is 9.93. The monoisotopic (exact) mass is 297 g/mol. The standard InChI is InChI=1S/C19H23NO2/c1-19(2)11-14-10-13(6-7-17(14)22-19)12-20-16-4-3-5-18-15(16)8-9-21-18/h6-10,16,20H,3-5,11-12H2,1-2H3. The predicted octanol–water partition coefficient (Wildman–Crippen LogP) is 4.16. The first-order valence-electron chi connectivity index (χ1n) is 8.21. The summed E-state index contributed by atoms with van der Waals surface area (Å²) in [6.07, 6.45) is 6.27. The number of aryl methyl sites for hydroxylation is 1. The molecule has 3 heteroatoms. The zero-order valence-electron chi connectivity index (χ0n) is 13.3. The first kappa shape index (κ1) is 13.9. The minimum atomic E-state index is -0.0660. The highest BCUT2D eigenvalue weighted by atomic mass is 16.5. The highest BCUT2D eigenvalue weighted by Gasteiger charge is 2.30. The molecule has 4 rings (SSSR count). The molecule has 2 aromatic rings. The van der Waals surface area contributed by atoms with Gasteiger partial charge in [-0.2, -0.15) is 0 Å². The fraction of sp³-hybridized carbons (Fsp3) is 0.474. The third-order valence-electron chi connectivity index (χ3n) is 4.73. The highest BCUT2D eigenvalue weighted by Crippen LogP contribution is 2.35. The van der Waals surface area contributed by atoms with Gasteiger partial charge in [-0.05, 0) is 49.9 Å². The molecule has 1 atom stereocenters. The van der Waals surface area contributed by atoms with E-state index in [1.54, 1.807) is 0 Å². The highest BCUT2D eigenvalue weighted by molar-refractivity contribution is 5.41. The normalized spacial score (nSPS) is 22.0. The van der Waals surface area contributed by atoms with Gasteiger partial charge in [-0.1, -0.05) is 12.1 Å². The van der Waals surface area contributed by atoms with Crippen molar-refractivity contribution >= 4 is 0 Å². The Kier molecular flexibility index (Phi) is 3.26. The van der Waals surface area contributed by atoms with E-state index in [4.69, 9.17) is 9.15 Å². The summed E-state index contributed by atoms with van der Waals surface area (Å²) in [5.74, 6) is 2.20. The SMILES string of the molecule is CC1(C)Cc2cc(CNC3CCCc4occc43)ccc2O1. The van der Waals surface area contributed by atoms with Gasteiger partial charge in [0.05, 0.1) is 6.26 Å². The van der Waals surface area contributed by atoms with Crippen LogP contribution in [0.5, 0.6) is 5.75 Å². The molecule has 2 heterocycles. The molecule has 0 radical (unpaired) electrons. The number of fused-ring (bicyclic) bond motifs is 2. The first-order chi connectivity index (χ1) is 10.6. The Labute approximate surface area is 131 Å². The number of nitrogens with one attached hydrogen (secondary N) is 1. The lowest BCUT2D eigenvalue weighted by Gasteiger charge is -2.23. The second-order valence-electron chi connectivity index (χ2n) is 7.11. The molecule has 22 heavy (non-hydrogen) atoms. The Balaban J connectivity index is 1.46. The summed E-state index contributed by atoms with van der Waals surface area (Å²) in [4.78, 5) is 0. The Morgan fingerprint density at radius 3 is 3.09 bits per heavy atom. The average molecular weight is 297 g/mol. The van der Waals surface area contributed by atoms with E-state index in [2.05, 4.69) is 43.4 Å². The number of hydrogen-bond donors (Lipinski definition) is 1. The Hall–Kier alpha value is -1.74. The lowest BCUT2D eigenvalue weighted by Crippen LogP contribution is -2.24. The summed E-state index contributed by atoms with van der Waals surface area (Å²) >= 11 is 0. The molecule has 0 saturated carbocycles. The Bertz CT molecular complexity index is 686. The molecule has 0 saturated heterocycles. The zero-order chi connectivity index (χ0) is 15.2. The summed E-state index contributed by atoms with van der Waals surface area (Å²) in [6.45, 7) is 5.18. The van der Waals surface area contributed by atoms with Crippen LogP contribution in [0.1, 0.15) is 55.2 Å². The molecule has 1 unspecified atom stereocenters.